The Bertz CT molecular complexity index is 1250. The molecule has 0 amide bonds. The highest BCUT2D eigenvalue weighted by atomic mass is 32.2. The van der Waals surface area contributed by atoms with Crippen molar-refractivity contribution in [2.75, 3.05) is 25.6 Å². The number of ether oxygens (including phenoxy) is 1. The van der Waals surface area contributed by atoms with E-state index in [0.717, 1.165) is 0 Å². The van der Waals surface area contributed by atoms with Gasteiger partial charge in [-0.15, -0.1) is 0 Å². The first-order valence-corrected chi connectivity index (χ1v) is 12.8. The number of aromatic nitrogens is 4. The van der Waals surface area contributed by atoms with E-state index >= 15 is 0 Å². The molecule has 1 aliphatic heterocycles. The van der Waals surface area contributed by atoms with E-state index in [1.807, 2.05) is 4.72 Å². The molecule has 2 aliphatic rings. The third kappa shape index (κ3) is 6.44. The van der Waals surface area contributed by atoms with Gasteiger partial charge in [-0.25, -0.2) is 9.97 Å². The molecule has 0 spiro atoms. The molecule has 36 heavy (non-hydrogen) atoms. The van der Waals surface area contributed by atoms with Gasteiger partial charge in [0, 0.05) is 38.3 Å². The fourth-order valence-corrected chi connectivity index (χ4v) is 4.67. The molecular formula is C22H28N6O7S. The van der Waals surface area contributed by atoms with Gasteiger partial charge in [-0.2, -0.15) is 18.2 Å². The van der Waals surface area contributed by atoms with Gasteiger partial charge in [-0.3, -0.25) is 13.7 Å². The van der Waals surface area contributed by atoms with Gasteiger partial charge in [0.2, 0.25) is 5.78 Å². The highest BCUT2D eigenvalue weighted by Gasteiger charge is 2.37. The standard InChI is InChI=1S/C22H28N6O7S/c1-23-36(32,33)35-19-12-15(11-18(19)29)26-21-16(13-24-14-25-21)20(30)17-3-8-28(27-17)7-2-4-22(31)5-9-34-10-6-22/h3,8,13-15,18-19,23,29,31H,5-7,9-12H2,1H3,(H,24,25,26)/t15-,18+,19-/m1/s1. The molecular weight excluding hydrogens is 492 g/mol. The maximum Gasteiger partial charge on any atom is 0.335 e. The van der Waals surface area contributed by atoms with Gasteiger partial charge >= 0.3 is 10.3 Å². The van der Waals surface area contributed by atoms with E-state index in [1.54, 1.807) is 12.3 Å². The molecule has 1 saturated carbocycles. The van der Waals surface area contributed by atoms with Crippen LogP contribution in [0, 0.1) is 11.8 Å². The predicted molar refractivity (Wildman–Crippen MR) is 126 cm³/mol. The third-order valence-corrected chi connectivity index (χ3v) is 7.03. The number of hydrogen-bond donors (Lipinski definition) is 4. The summed E-state index contributed by atoms with van der Waals surface area (Å²) >= 11 is 0. The van der Waals surface area contributed by atoms with Crippen molar-refractivity contribution in [1.82, 2.24) is 24.5 Å². The minimum absolute atomic E-state index is 0.159. The topological polar surface area (TPSA) is 178 Å². The number of anilines is 1. The Morgan fingerprint density at radius 2 is 2.14 bits per heavy atom. The summed E-state index contributed by atoms with van der Waals surface area (Å²) in [5.74, 6) is 5.59. The van der Waals surface area contributed by atoms with E-state index in [4.69, 9.17) is 8.92 Å². The number of rotatable bonds is 8. The van der Waals surface area contributed by atoms with E-state index in [1.165, 1.54) is 24.3 Å². The van der Waals surface area contributed by atoms with Crippen molar-refractivity contribution < 1.29 is 32.3 Å². The average Bonchev–Trinajstić information content (AvgIpc) is 3.45. The Kier molecular flexibility index (Phi) is 7.98. The number of hydrogen-bond acceptors (Lipinski definition) is 11. The summed E-state index contributed by atoms with van der Waals surface area (Å²) in [5, 5.41) is 28.0. The van der Waals surface area contributed by atoms with Crippen molar-refractivity contribution in [3.8, 4) is 11.8 Å². The number of aliphatic hydroxyl groups excluding tert-OH is 1. The Morgan fingerprint density at radius 1 is 1.36 bits per heavy atom. The van der Waals surface area contributed by atoms with Gasteiger partial charge in [0.1, 0.15) is 36.1 Å². The smallest absolute Gasteiger partial charge is 0.335 e. The third-order valence-electron chi connectivity index (χ3n) is 6.03. The zero-order valence-electron chi connectivity index (χ0n) is 19.6. The molecule has 194 valence electrons. The SMILES string of the molecule is CNS(=O)(=O)O[C@@H]1C[C@H](Nc2ncncc2C(=O)c2ccn(CC#CC3(O)CCOCC3)n2)C[C@@H]1O. The van der Waals surface area contributed by atoms with E-state index in [2.05, 4.69) is 32.2 Å². The maximum atomic E-state index is 13.1. The number of ketones is 1. The van der Waals surface area contributed by atoms with Crippen LogP contribution >= 0.6 is 0 Å². The molecule has 1 saturated heterocycles. The lowest BCUT2D eigenvalue weighted by atomic mass is 9.95. The molecule has 2 aromatic rings. The summed E-state index contributed by atoms with van der Waals surface area (Å²) < 4.78 is 37.1. The zero-order chi connectivity index (χ0) is 25.8. The van der Waals surface area contributed by atoms with Crippen LogP contribution in [0.15, 0.2) is 24.8 Å². The van der Waals surface area contributed by atoms with Crippen molar-refractivity contribution in [2.45, 2.75) is 56.1 Å². The normalized spacial score (nSPS) is 23.6. The molecule has 0 radical (unpaired) electrons. The van der Waals surface area contributed by atoms with Gasteiger partial charge < -0.3 is 20.3 Å². The molecule has 0 aromatic carbocycles. The van der Waals surface area contributed by atoms with Gasteiger partial charge in [0.15, 0.2) is 0 Å². The maximum absolute atomic E-state index is 13.1. The van der Waals surface area contributed by atoms with Crippen molar-refractivity contribution in [3.63, 3.8) is 0 Å². The number of carbonyl (C=O) groups excluding carboxylic acids is 1. The van der Waals surface area contributed by atoms with Crippen LogP contribution in [-0.2, 0) is 25.8 Å². The average molecular weight is 521 g/mol. The Balaban J connectivity index is 1.41. The van der Waals surface area contributed by atoms with Gasteiger partial charge in [-0.1, -0.05) is 11.8 Å². The largest absolute Gasteiger partial charge is 0.390 e. The molecule has 13 nitrogen and oxygen atoms in total. The van der Waals surface area contributed by atoms with Crippen LogP contribution in [0.4, 0.5) is 5.82 Å². The van der Waals surface area contributed by atoms with Gasteiger partial charge in [0.25, 0.3) is 0 Å². The highest BCUT2D eigenvalue weighted by molar-refractivity contribution is 7.84. The van der Waals surface area contributed by atoms with Crippen molar-refractivity contribution >= 4 is 21.9 Å². The van der Waals surface area contributed by atoms with E-state index in [0.29, 0.717) is 26.1 Å². The van der Waals surface area contributed by atoms with Crippen LogP contribution in [0.2, 0.25) is 0 Å². The fraction of sp³-hybridized carbons (Fsp3) is 0.545. The molecule has 4 N–H and O–H groups in total. The van der Waals surface area contributed by atoms with E-state index in [9.17, 15) is 23.4 Å². The molecule has 4 rings (SSSR count). The second-order valence-corrected chi connectivity index (χ2v) is 10.1. The lowest BCUT2D eigenvalue weighted by Gasteiger charge is -2.26. The predicted octanol–water partition coefficient (Wildman–Crippen LogP) is -0.766. The minimum Gasteiger partial charge on any atom is -0.390 e. The Hall–Kier alpha value is -2.93. The number of nitrogens with one attached hydrogen (secondary N) is 2. The Morgan fingerprint density at radius 3 is 2.89 bits per heavy atom. The molecule has 3 atom stereocenters. The summed E-state index contributed by atoms with van der Waals surface area (Å²) in [6.45, 7) is 1.12. The number of carbonyl (C=O) groups is 1. The lowest BCUT2D eigenvalue weighted by Crippen LogP contribution is -2.34. The van der Waals surface area contributed by atoms with Crippen LogP contribution < -0.4 is 10.0 Å². The number of nitrogens with zero attached hydrogens (tertiary/aromatic N) is 4. The lowest BCUT2D eigenvalue weighted by molar-refractivity contribution is -0.0262. The summed E-state index contributed by atoms with van der Waals surface area (Å²) in [4.78, 5) is 21.2. The van der Waals surface area contributed by atoms with Gasteiger partial charge in [-0.05, 0) is 18.9 Å². The van der Waals surface area contributed by atoms with Crippen LogP contribution in [0.3, 0.4) is 0 Å². The van der Waals surface area contributed by atoms with Crippen LogP contribution in [0.5, 0.6) is 0 Å². The molecule has 1 aliphatic carbocycles. The van der Waals surface area contributed by atoms with E-state index < -0.39 is 33.9 Å². The van der Waals surface area contributed by atoms with Crippen molar-refractivity contribution in [3.05, 3.63) is 36.0 Å². The number of aliphatic hydroxyl groups is 2. The van der Waals surface area contributed by atoms with Crippen molar-refractivity contribution in [1.29, 1.82) is 0 Å². The first kappa shape index (κ1) is 26.1. The van der Waals surface area contributed by atoms with E-state index in [-0.39, 0.29) is 42.5 Å². The first-order valence-electron chi connectivity index (χ1n) is 11.4. The van der Waals surface area contributed by atoms with Crippen LogP contribution in [-0.4, -0.2) is 88.3 Å². The second kappa shape index (κ2) is 11.0. The monoisotopic (exact) mass is 520 g/mol. The summed E-state index contributed by atoms with van der Waals surface area (Å²) in [6, 6.07) is 1.16. The molecule has 3 heterocycles. The Labute approximate surface area is 208 Å². The minimum atomic E-state index is -3.96. The second-order valence-electron chi connectivity index (χ2n) is 8.63. The van der Waals surface area contributed by atoms with Crippen LogP contribution in [0.1, 0.15) is 41.7 Å². The summed E-state index contributed by atoms with van der Waals surface area (Å²) in [6.07, 6.45) is 3.59. The quantitative estimate of drug-likeness (QED) is 0.254. The molecule has 2 fully saturated rings. The summed E-state index contributed by atoms with van der Waals surface area (Å²) in [7, 11) is -2.74. The highest BCUT2D eigenvalue weighted by Crippen LogP contribution is 2.28. The molecule has 2 aromatic heterocycles. The fourth-order valence-electron chi connectivity index (χ4n) is 4.04. The molecule has 0 unspecified atom stereocenters. The molecule has 14 heteroatoms. The first-order chi connectivity index (χ1) is 17.2. The summed E-state index contributed by atoms with van der Waals surface area (Å²) in [5.41, 5.74) is -0.736. The zero-order valence-corrected chi connectivity index (χ0v) is 20.4. The van der Waals surface area contributed by atoms with Crippen molar-refractivity contribution in [2.24, 2.45) is 0 Å². The molecule has 0 bridgehead atoms. The van der Waals surface area contributed by atoms with Crippen LogP contribution in [0.25, 0.3) is 0 Å². The van der Waals surface area contributed by atoms with Gasteiger partial charge in [0.05, 0.1) is 24.9 Å².